The first-order chi connectivity index (χ1) is 7.56. The van der Waals surface area contributed by atoms with E-state index < -0.39 is 5.54 Å². The van der Waals surface area contributed by atoms with E-state index in [4.69, 9.17) is 4.42 Å². The molecule has 4 nitrogen and oxygen atoms in total. The summed E-state index contributed by atoms with van der Waals surface area (Å²) in [6.45, 7) is 3.60. The van der Waals surface area contributed by atoms with Gasteiger partial charge in [-0.15, -0.1) is 0 Å². The van der Waals surface area contributed by atoms with Gasteiger partial charge in [-0.25, -0.2) is 0 Å². The molecule has 1 saturated carbocycles. The van der Waals surface area contributed by atoms with Gasteiger partial charge >= 0.3 is 0 Å². The Morgan fingerprint density at radius 1 is 1.56 bits per heavy atom. The number of carbonyl (C=O) groups excluding carboxylic acids is 1. The molecule has 0 saturated heterocycles. The molecule has 1 aromatic heterocycles. The normalized spacial score (nSPS) is 17.9. The first-order valence-corrected chi connectivity index (χ1v) is 5.57. The predicted molar refractivity (Wildman–Crippen MR) is 59.3 cm³/mol. The van der Waals surface area contributed by atoms with E-state index in [9.17, 15) is 9.90 Å². The van der Waals surface area contributed by atoms with Gasteiger partial charge in [0.2, 0.25) is 0 Å². The summed E-state index contributed by atoms with van der Waals surface area (Å²) in [5.41, 5.74) is 0.173. The van der Waals surface area contributed by atoms with E-state index in [1.54, 1.807) is 13.0 Å². The van der Waals surface area contributed by atoms with Crippen LogP contribution in [0.4, 0.5) is 0 Å². The maximum Gasteiger partial charge on any atom is 0.255 e. The first-order valence-electron chi connectivity index (χ1n) is 5.57. The van der Waals surface area contributed by atoms with Crippen molar-refractivity contribution in [3.05, 3.63) is 23.2 Å². The predicted octanol–water partition coefficient (Wildman–Crippen LogP) is 1.54. The highest BCUT2D eigenvalue weighted by molar-refractivity contribution is 5.95. The highest BCUT2D eigenvalue weighted by Crippen LogP contribution is 2.31. The summed E-state index contributed by atoms with van der Waals surface area (Å²) in [5.74, 6) is 1.21. The number of aryl methyl sites for hydroxylation is 2. The van der Waals surface area contributed by atoms with Crippen LogP contribution in [0.2, 0.25) is 0 Å². The van der Waals surface area contributed by atoms with E-state index in [0.29, 0.717) is 11.3 Å². The largest absolute Gasteiger partial charge is 0.466 e. The molecule has 1 amide bonds. The van der Waals surface area contributed by atoms with Crippen LogP contribution in [0.15, 0.2) is 10.5 Å². The summed E-state index contributed by atoms with van der Waals surface area (Å²) in [5, 5.41) is 12.2. The van der Waals surface area contributed by atoms with Crippen LogP contribution < -0.4 is 5.32 Å². The third-order valence-corrected chi connectivity index (χ3v) is 3.28. The van der Waals surface area contributed by atoms with Gasteiger partial charge < -0.3 is 14.8 Å². The van der Waals surface area contributed by atoms with Gasteiger partial charge in [0.05, 0.1) is 17.7 Å². The molecule has 88 valence electrons. The third kappa shape index (κ3) is 1.85. The van der Waals surface area contributed by atoms with Crippen LogP contribution in [0.5, 0.6) is 0 Å². The Balaban J connectivity index is 2.11. The molecular formula is C12H17NO3. The lowest BCUT2D eigenvalue weighted by molar-refractivity contribution is 0.0640. The van der Waals surface area contributed by atoms with Crippen molar-refractivity contribution >= 4 is 5.91 Å². The van der Waals surface area contributed by atoms with Crippen molar-refractivity contribution < 1.29 is 14.3 Å². The number of aliphatic hydroxyl groups excluding tert-OH is 1. The quantitative estimate of drug-likeness (QED) is 0.817. The monoisotopic (exact) mass is 223 g/mol. The summed E-state index contributed by atoms with van der Waals surface area (Å²) in [6.07, 6.45) is 2.76. The standard InChI is InChI=1S/C12H17NO3/c1-8-6-10(9(2)16-8)11(15)13-12(7-14)4-3-5-12/h6,14H,3-5,7H2,1-2H3,(H,13,15). The Morgan fingerprint density at radius 2 is 2.25 bits per heavy atom. The Morgan fingerprint density at radius 3 is 2.62 bits per heavy atom. The molecular weight excluding hydrogens is 206 g/mol. The van der Waals surface area contributed by atoms with Crippen LogP contribution in [0.25, 0.3) is 0 Å². The Bertz CT molecular complexity index is 399. The molecule has 2 rings (SSSR count). The van der Waals surface area contributed by atoms with Crippen LogP contribution >= 0.6 is 0 Å². The number of hydrogen-bond acceptors (Lipinski definition) is 3. The van der Waals surface area contributed by atoms with E-state index >= 15 is 0 Å². The molecule has 0 spiro atoms. The van der Waals surface area contributed by atoms with E-state index in [-0.39, 0.29) is 12.5 Å². The molecule has 0 radical (unpaired) electrons. The van der Waals surface area contributed by atoms with Crippen molar-refractivity contribution in [1.29, 1.82) is 0 Å². The van der Waals surface area contributed by atoms with Crippen molar-refractivity contribution in [2.24, 2.45) is 0 Å². The third-order valence-electron chi connectivity index (χ3n) is 3.28. The van der Waals surface area contributed by atoms with Crippen LogP contribution in [-0.2, 0) is 0 Å². The highest BCUT2D eigenvalue weighted by atomic mass is 16.3. The van der Waals surface area contributed by atoms with Gasteiger partial charge in [-0.3, -0.25) is 4.79 Å². The summed E-state index contributed by atoms with van der Waals surface area (Å²) < 4.78 is 5.31. The first kappa shape index (κ1) is 11.2. The molecule has 1 aromatic rings. The Hall–Kier alpha value is -1.29. The van der Waals surface area contributed by atoms with Crippen LogP contribution in [0.1, 0.15) is 41.1 Å². The second-order valence-electron chi connectivity index (χ2n) is 4.57. The van der Waals surface area contributed by atoms with E-state index in [1.807, 2.05) is 6.92 Å². The van der Waals surface area contributed by atoms with E-state index in [2.05, 4.69) is 5.32 Å². The zero-order valence-corrected chi connectivity index (χ0v) is 9.67. The number of amides is 1. The van der Waals surface area contributed by atoms with Gasteiger partial charge in [0.25, 0.3) is 5.91 Å². The molecule has 0 unspecified atom stereocenters. The molecule has 0 bridgehead atoms. The van der Waals surface area contributed by atoms with Crippen LogP contribution in [0, 0.1) is 13.8 Å². The van der Waals surface area contributed by atoms with Gasteiger partial charge in [0.1, 0.15) is 11.5 Å². The number of rotatable bonds is 3. The van der Waals surface area contributed by atoms with Crippen molar-refractivity contribution in [1.82, 2.24) is 5.32 Å². The molecule has 0 aromatic carbocycles. The topological polar surface area (TPSA) is 62.5 Å². The fraction of sp³-hybridized carbons (Fsp3) is 0.583. The Labute approximate surface area is 94.6 Å². The second kappa shape index (κ2) is 3.94. The van der Waals surface area contributed by atoms with Crippen LogP contribution in [0.3, 0.4) is 0 Å². The summed E-state index contributed by atoms with van der Waals surface area (Å²) >= 11 is 0. The fourth-order valence-electron chi connectivity index (χ4n) is 2.09. The lowest BCUT2D eigenvalue weighted by Crippen LogP contribution is -2.56. The van der Waals surface area contributed by atoms with E-state index in [1.165, 1.54) is 0 Å². The number of aliphatic hydroxyl groups is 1. The van der Waals surface area contributed by atoms with Crippen molar-refractivity contribution in [2.45, 2.75) is 38.6 Å². The zero-order chi connectivity index (χ0) is 11.8. The van der Waals surface area contributed by atoms with Gasteiger partial charge in [0.15, 0.2) is 0 Å². The zero-order valence-electron chi connectivity index (χ0n) is 9.67. The average Bonchev–Trinajstić information content (AvgIpc) is 2.51. The van der Waals surface area contributed by atoms with Crippen molar-refractivity contribution in [3.63, 3.8) is 0 Å². The minimum Gasteiger partial charge on any atom is -0.466 e. The molecule has 0 aliphatic heterocycles. The highest BCUT2D eigenvalue weighted by Gasteiger charge is 2.38. The summed E-state index contributed by atoms with van der Waals surface area (Å²) in [6, 6.07) is 1.73. The van der Waals surface area contributed by atoms with E-state index in [0.717, 1.165) is 25.0 Å². The van der Waals surface area contributed by atoms with Crippen LogP contribution in [-0.4, -0.2) is 23.2 Å². The number of carbonyl (C=O) groups is 1. The molecule has 16 heavy (non-hydrogen) atoms. The maximum absolute atomic E-state index is 12.0. The molecule has 1 aliphatic rings. The van der Waals surface area contributed by atoms with Crippen molar-refractivity contribution in [3.8, 4) is 0 Å². The smallest absolute Gasteiger partial charge is 0.255 e. The molecule has 0 atom stereocenters. The number of hydrogen-bond donors (Lipinski definition) is 2. The molecule has 2 N–H and O–H groups in total. The fourth-order valence-corrected chi connectivity index (χ4v) is 2.09. The van der Waals surface area contributed by atoms with Crippen molar-refractivity contribution in [2.75, 3.05) is 6.61 Å². The molecule has 1 heterocycles. The average molecular weight is 223 g/mol. The Kier molecular flexibility index (Phi) is 2.76. The number of nitrogens with one attached hydrogen (secondary N) is 1. The molecule has 1 aliphatic carbocycles. The van der Waals surface area contributed by atoms with Gasteiger partial charge in [-0.1, -0.05) is 0 Å². The lowest BCUT2D eigenvalue weighted by atomic mass is 9.77. The maximum atomic E-state index is 12.0. The minimum atomic E-state index is -0.394. The minimum absolute atomic E-state index is 0.00855. The second-order valence-corrected chi connectivity index (χ2v) is 4.57. The lowest BCUT2D eigenvalue weighted by Gasteiger charge is -2.40. The van der Waals surface area contributed by atoms with Gasteiger partial charge in [0, 0.05) is 0 Å². The van der Waals surface area contributed by atoms with Gasteiger partial charge in [-0.05, 0) is 39.2 Å². The summed E-state index contributed by atoms with van der Waals surface area (Å²) in [4.78, 5) is 12.0. The number of furan rings is 1. The SMILES string of the molecule is Cc1cc(C(=O)NC2(CO)CCC2)c(C)o1. The molecule has 1 fully saturated rings. The van der Waals surface area contributed by atoms with Gasteiger partial charge in [-0.2, -0.15) is 0 Å². The summed E-state index contributed by atoms with van der Waals surface area (Å²) in [7, 11) is 0. The molecule has 4 heteroatoms.